The Morgan fingerprint density at radius 3 is 2.43 bits per heavy atom. The lowest BCUT2D eigenvalue weighted by Gasteiger charge is -2.45. The van der Waals surface area contributed by atoms with E-state index in [2.05, 4.69) is 12.6 Å². The lowest BCUT2D eigenvalue weighted by atomic mass is 10.0. The molecule has 11 heteroatoms. The second-order valence-corrected chi connectivity index (χ2v) is 8.41. The number of nitro benzene ring substituents is 1. The van der Waals surface area contributed by atoms with Crippen LogP contribution in [0.1, 0.15) is 18.9 Å². The molecule has 0 spiro atoms. The normalized spacial score (nSPS) is 21.8. The molecule has 2 aliphatic heterocycles. The molecule has 2 fully saturated rings. The van der Waals surface area contributed by atoms with Gasteiger partial charge in [-0.15, -0.1) is 0 Å². The predicted molar refractivity (Wildman–Crippen MR) is 113 cm³/mol. The lowest BCUT2D eigenvalue weighted by molar-refractivity contribution is -0.384. The fourth-order valence-corrected chi connectivity index (χ4v) is 4.22. The minimum Gasteiger partial charge on any atom is -0.444 e. The monoisotopic (exact) mass is 435 g/mol. The molecule has 162 valence electrons. The zero-order valence-electron chi connectivity index (χ0n) is 16.9. The first-order valence-corrected chi connectivity index (χ1v) is 10.1. The van der Waals surface area contributed by atoms with Crippen molar-refractivity contribution in [1.82, 2.24) is 14.7 Å². The highest BCUT2D eigenvalue weighted by molar-refractivity contribution is 7.81. The van der Waals surface area contributed by atoms with Crippen LogP contribution in [0.5, 0.6) is 0 Å². The number of carbonyl (C=O) groups excluding carboxylic acids is 2. The van der Waals surface area contributed by atoms with Crippen molar-refractivity contribution in [2.45, 2.75) is 37.3 Å². The molecule has 10 nitrogen and oxygen atoms in total. The Bertz CT molecular complexity index is 842. The number of benzene rings is 1. The van der Waals surface area contributed by atoms with Crippen LogP contribution < -0.4 is 0 Å². The number of likely N-dealkylation sites (N-methyl/N-ethyl adjacent to an activating group) is 1. The van der Waals surface area contributed by atoms with Crippen molar-refractivity contribution in [2.24, 2.45) is 0 Å². The number of non-ortho nitro benzene ring substituents is 1. The van der Waals surface area contributed by atoms with Gasteiger partial charge in [-0.3, -0.25) is 30.1 Å². The van der Waals surface area contributed by atoms with Crippen LogP contribution in [0.3, 0.4) is 0 Å². The standard InChI is InChI=1S/C19H25N5O5S/c1-12(20)23(19(26)29-11-13-3-5-14(6-4-13)24(27)28)15-8-22(9-15)18(25)17-7-16(30)10-21(17)2/h3-6,15-17,20,30H,7-11H2,1-2H3/t16-,17-/m0/s1. The third-order valence-corrected chi connectivity index (χ3v) is 5.79. The van der Waals surface area contributed by atoms with Gasteiger partial charge in [-0.25, -0.2) is 4.79 Å². The van der Waals surface area contributed by atoms with E-state index in [9.17, 15) is 19.7 Å². The summed E-state index contributed by atoms with van der Waals surface area (Å²) in [4.78, 5) is 40.4. The fraction of sp³-hybridized carbons (Fsp3) is 0.526. The molecule has 2 aliphatic rings. The van der Waals surface area contributed by atoms with E-state index in [1.807, 2.05) is 11.9 Å². The summed E-state index contributed by atoms with van der Waals surface area (Å²) in [5.41, 5.74) is 0.561. The number of hydrogen-bond acceptors (Lipinski definition) is 8. The number of nitrogens with zero attached hydrogens (tertiary/aromatic N) is 4. The number of nitrogens with one attached hydrogen (secondary N) is 1. The average molecular weight is 436 g/mol. The molecule has 0 saturated carbocycles. The lowest BCUT2D eigenvalue weighted by Crippen LogP contribution is -2.65. The van der Waals surface area contributed by atoms with Gasteiger partial charge in [0.1, 0.15) is 12.4 Å². The molecule has 2 saturated heterocycles. The molecule has 0 aliphatic carbocycles. The van der Waals surface area contributed by atoms with Gasteiger partial charge in [0.15, 0.2) is 0 Å². The van der Waals surface area contributed by atoms with Gasteiger partial charge in [-0.1, -0.05) is 0 Å². The Balaban J connectivity index is 1.53. The molecule has 2 atom stereocenters. The first-order valence-electron chi connectivity index (χ1n) is 9.59. The number of amidine groups is 1. The summed E-state index contributed by atoms with van der Waals surface area (Å²) < 4.78 is 5.29. The third-order valence-electron chi connectivity index (χ3n) is 5.42. The highest BCUT2D eigenvalue weighted by atomic mass is 32.1. The largest absolute Gasteiger partial charge is 0.444 e. The van der Waals surface area contributed by atoms with E-state index >= 15 is 0 Å². The van der Waals surface area contributed by atoms with Gasteiger partial charge in [0.05, 0.1) is 17.0 Å². The van der Waals surface area contributed by atoms with E-state index in [0.717, 1.165) is 6.54 Å². The molecule has 0 unspecified atom stereocenters. The number of carbonyl (C=O) groups is 2. The number of rotatable bonds is 5. The zero-order valence-corrected chi connectivity index (χ0v) is 17.7. The minimum atomic E-state index is -0.675. The van der Waals surface area contributed by atoms with E-state index in [4.69, 9.17) is 10.1 Å². The van der Waals surface area contributed by atoms with Gasteiger partial charge in [-0.2, -0.15) is 12.6 Å². The molecule has 1 N–H and O–H groups in total. The molecule has 2 heterocycles. The summed E-state index contributed by atoms with van der Waals surface area (Å²) in [7, 11) is 1.90. The average Bonchev–Trinajstić information content (AvgIpc) is 3.00. The summed E-state index contributed by atoms with van der Waals surface area (Å²) >= 11 is 4.45. The van der Waals surface area contributed by atoms with Crippen LogP contribution in [-0.2, 0) is 16.1 Å². The SMILES string of the molecule is CC(=N)N(C(=O)OCc1ccc([N+](=O)[O-])cc1)C1CN(C(=O)[C@@H]2C[C@H](S)CN2C)C1. The summed E-state index contributed by atoms with van der Waals surface area (Å²) in [6.07, 6.45) is 0.0239. The van der Waals surface area contributed by atoms with E-state index in [1.54, 1.807) is 4.90 Å². The maximum Gasteiger partial charge on any atom is 0.415 e. The first-order chi connectivity index (χ1) is 14.2. The maximum absolute atomic E-state index is 12.7. The number of likely N-dealkylation sites (tertiary alicyclic amines) is 2. The topological polar surface area (TPSA) is 120 Å². The van der Waals surface area contributed by atoms with Crippen molar-refractivity contribution >= 4 is 36.2 Å². The summed E-state index contributed by atoms with van der Waals surface area (Å²) in [5, 5.41) is 18.8. The van der Waals surface area contributed by atoms with E-state index in [1.165, 1.54) is 36.1 Å². The van der Waals surface area contributed by atoms with Gasteiger partial charge in [-0.05, 0) is 38.1 Å². The van der Waals surface area contributed by atoms with E-state index in [0.29, 0.717) is 25.1 Å². The molecule has 0 radical (unpaired) electrons. The fourth-order valence-electron chi connectivity index (χ4n) is 3.76. The minimum absolute atomic E-state index is 0.0205. The molecule has 0 aromatic heterocycles. The Morgan fingerprint density at radius 1 is 1.30 bits per heavy atom. The first kappa shape index (κ1) is 22.0. The summed E-state index contributed by atoms with van der Waals surface area (Å²) in [6, 6.07) is 5.21. The Labute approximate surface area is 179 Å². The Morgan fingerprint density at radius 2 is 1.93 bits per heavy atom. The molecule has 1 aromatic rings. The highest BCUT2D eigenvalue weighted by Crippen LogP contribution is 2.25. The number of ether oxygens (including phenoxy) is 1. The molecular formula is C19H25N5O5S. The van der Waals surface area contributed by atoms with E-state index in [-0.39, 0.29) is 41.4 Å². The smallest absolute Gasteiger partial charge is 0.415 e. The van der Waals surface area contributed by atoms with Crippen LogP contribution >= 0.6 is 12.6 Å². The molecule has 30 heavy (non-hydrogen) atoms. The van der Waals surface area contributed by atoms with Crippen LogP contribution in [0.15, 0.2) is 24.3 Å². The molecule has 0 bridgehead atoms. The van der Waals surface area contributed by atoms with Crippen molar-refractivity contribution in [3.8, 4) is 0 Å². The van der Waals surface area contributed by atoms with Gasteiger partial charge >= 0.3 is 6.09 Å². The third kappa shape index (κ3) is 4.73. The van der Waals surface area contributed by atoms with Gasteiger partial charge in [0.25, 0.3) is 5.69 Å². The molecule has 2 amide bonds. The quantitative estimate of drug-likeness (QED) is 0.239. The van der Waals surface area contributed by atoms with Crippen LogP contribution in [0.2, 0.25) is 0 Å². The van der Waals surface area contributed by atoms with Crippen LogP contribution in [0, 0.1) is 15.5 Å². The zero-order chi connectivity index (χ0) is 22.0. The summed E-state index contributed by atoms with van der Waals surface area (Å²) in [6.45, 7) is 2.89. The van der Waals surface area contributed by atoms with Gasteiger partial charge in [0.2, 0.25) is 5.91 Å². The second-order valence-electron chi connectivity index (χ2n) is 7.68. The van der Waals surface area contributed by atoms with Crippen LogP contribution in [0.4, 0.5) is 10.5 Å². The maximum atomic E-state index is 12.7. The highest BCUT2D eigenvalue weighted by Gasteiger charge is 2.43. The predicted octanol–water partition coefficient (Wildman–Crippen LogP) is 1.74. The summed E-state index contributed by atoms with van der Waals surface area (Å²) in [5.74, 6) is 0.0568. The van der Waals surface area contributed by atoms with E-state index < -0.39 is 11.0 Å². The van der Waals surface area contributed by atoms with Crippen molar-refractivity contribution in [3.63, 3.8) is 0 Å². The van der Waals surface area contributed by atoms with Crippen LogP contribution in [-0.4, -0.2) is 81.5 Å². The molecule has 1 aromatic carbocycles. The van der Waals surface area contributed by atoms with Gasteiger partial charge < -0.3 is 9.64 Å². The number of hydrogen-bond donors (Lipinski definition) is 2. The van der Waals surface area contributed by atoms with Crippen LogP contribution in [0.25, 0.3) is 0 Å². The molecular weight excluding hydrogens is 410 g/mol. The van der Waals surface area contributed by atoms with Gasteiger partial charge in [0, 0.05) is 37.0 Å². The second kappa shape index (κ2) is 9.00. The Kier molecular flexibility index (Phi) is 6.61. The van der Waals surface area contributed by atoms with Crippen molar-refractivity contribution in [2.75, 3.05) is 26.7 Å². The number of amides is 2. The van der Waals surface area contributed by atoms with Crippen molar-refractivity contribution in [1.29, 1.82) is 5.41 Å². The Hall–Kier alpha value is -2.66. The van der Waals surface area contributed by atoms with Crippen molar-refractivity contribution < 1.29 is 19.2 Å². The van der Waals surface area contributed by atoms with Crippen molar-refractivity contribution in [3.05, 3.63) is 39.9 Å². The molecule has 3 rings (SSSR count). The number of thiol groups is 1. The number of nitro groups is 1.